The van der Waals surface area contributed by atoms with E-state index in [1.807, 2.05) is 50.3 Å². The zero-order chi connectivity index (χ0) is 13.0. The molecule has 0 saturated carbocycles. The van der Waals surface area contributed by atoms with E-state index in [4.69, 9.17) is 10.5 Å². The summed E-state index contributed by atoms with van der Waals surface area (Å²) in [5, 5.41) is 0. The number of hydrogen-bond acceptors (Lipinski definition) is 4. The van der Waals surface area contributed by atoms with Crippen molar-refractivity contribution in [2.24, 2.45) is 0 Å². The van der Waals surface area contributed by atoms with E-state index >= 15 is 0 Å². The maximum Gasteiger partial charge on any atom is 0.226 e. The minimum atomic E-state index is 0.208. The minimum absolute atomic E-state index is 0.208. The summed E-state index contributed by atoms with van der Waals surface area (Å²) in [5.41, 5.74) is 7.41. The maximum absolute atomic E-state index is 5.79. The highest BCUT2D eigenvalue weighted by Gasteiger charge is 2.07. The number of aryl methyl sites for hydroxylation is 1. The number of benzene rings is 1. The predicted octanol–water partition coefficient (Wildman–Crippen LogP) is 3.19. The first kappa shape index (κ1) is 12.1. The first-order valence-corrected chi connectivity index (χ1v) is 5.69. The molecule has 4 heteroatoms. The Morgan fingerprint density at radius 3 is 2.83 bits per heavy atom. The average Bonchev–Trinajstić information content (AvgIpc) is 2.36. The van der Waals surface area contributed by atoms with Gasteiger partial charge in [-0.3, -0.25) is 0 Å². The molecule has 1 aromatic carbocycles. The Labute approximate surface area is 106 Å². The van der Waals surface area contributed by atoms with Crippen LogP contribution in [0.3, 0.4) is 0 Å². The molecule has 1 heterocycles. The number of nitrogens with two attached hydrogens (primary N) is 1. The Kier molecular flexibility index (Phi) is 3.57. The van der Waals surface area contributed by atoms with Crippen LogP contribution in [0.15, 0.2) is 36.5 Å². The number of ether oxygens (including phenoxy) is 1. The van der Waals surface area contributed by atoms with E-state index in [1.54, 1.807) is 6.20 Å². The van der Waals surface area contributed by atoms with E-state index in [0.717, 1.165) is 16.9 Å². The van der Waals surface area contributed by atoms with Crippen LogP contribution in [-0.2, 0) is 0 Å². The van der Waals surface area contributed by atoms with E-state index in [2.05, 4.69) is 9.97 Å². The number of para-hydroxylation sites is 1. The molecule has 0 spiro atoms. The largest absolute Gasteiger partial charge is 0.438 e. The summed E-state index contributed by atoms with van der Waals surface area (Å²) in [6.45, 7) is 3.84. The topological polar surface area (TPSA) is 61.0 Å². The van der Waals surface area contributed by atoms with Crippen LogP contribution in [0.5, 0.6) is 11.6 Å². The molecule has 2 aromatic rings. The molecule has 2 rings (SSSR count). The van der Waals surface area contributed by atoms with E-state index in [-0.39, 0.29) is 5.95 Å². The summed E-state index contributed by atoms with van der Waals surface area (Å²) in [7, 11) is 0. The fourth-order valence-corrected chi connectivity index (χ4v) is 1.54. The van der Waals surface area contributed by atoms with Gasteiger partial charge in [0.05, 0.1) is 0 Å². The van der Waals surface area contributed by atoms with Gasteiger partial charge in [0.25, 0.3) is 0 Å². The van der Waals surface area contributed by atoms with Gasteiger partial charge in [-0.05, 0) is 19.9 Å². The Morgan fingerprint density at radius 2 is 2.06 bits per heavy atom. The number of nitrogens with zero attached hydrogens (tertiary/aromatic N) is 2. The van der Waals surface area contributed by atoms with Crippen molar-refractivity contribution in [1.29, 1.82) is 0 Å². The molecule has 0 saturated heterocycles. The molecule has 0 aliphatic rings. The number of nitrogen functional groups attached to an aromatic ring is 1. The van der Waals surface area contributed by atoms with Crippen molar-refractivity contribution in [1.82, 2.24) is 9.97 Å². The normalized spacial score (nSPS) is 10.8. The second-order valence-electron chi connectivity index (χ2n) is 3.86. The molecule has 0 radical (unpaired) electrons. The van der Waals surface area contributed by atoms with Crippen LogP contribution in [0.4, 0.5) is 5.95 Å². The van der Waals surface area contributed by atoms with Gasteiger partial charge < -0.3 is 10.5 Å². The quantitative estimate of drug-likeness (QED) is 0.896. The van der Waals surface area contributed by atoms with Gasteiger partial charge in [0, 0.05) is 17.3 Å². The van der Waals surface area contributed by atoms with E-state index in [9.17, 15) is 0 Å². The highest BCUT2D eigenvalue weighted by Crippen LogP contribution is 2.27. The predicted molar refractivity (Wildman–Crippen MR) is 72.4 cm³/mol. The standard InChI is InChI=1S/C14H15N3O/c1-3-6-11-7-4-5-8-12(11)18-13-10(2)9-16-14(15)17-13/h3-9H,1-2H3,(H2,15,16,17)/b6-3+. The van der Waals surface area contributed by atoms with E-state index < -0.39 is 0 Å². The lowest BCUT2D eigenvalue weighted by Gasteiger charge is -2.09. The zero-order valence-corrected chi connectivity index (χ0v) is 10.4. The minimum Gasteiger partial charge on any atom is -0.438 e. The Bertz CT molecular complexity index is 579. The van der Waals surface area contributed by atoms with Crippen LogP contribution >= 0.6 is 0 Å². The Morgan fingerprint density at radius 1 is 1.28 bits per heavy atom. The van der Waals surface area contributed by atoms with Gasteiger partial charge in [-0.1, -0.05) is 30.4 Å². The number of rotatable bonds is 3. The van der Waals surface area contributed by atoms with Crippen LogP contribution in [0.2, 0.25) is 0 Å². The second kappa shape index (κ2) is 5.31. The first-order chi connectivity index (χ1) is 8.70. The van der Waals surface area contributed by atoms with Crippen molar-refractivity contribution in [3.8, 4) is 11.6 Å². The fraction of sp³-hybridized carbons (Fsp3) is 0.143. The third-order valence-electron chi connectivity index (χ3n) is 2.42. The van der Waals surface area contributed by atoms with E-state index in [0.29, 0.717) is 5.88 Å². The molecule has 0 fully saturated rings. The number of allylic oxidation sites excluding steroid dienone is 1. The van der Waals surface area contributed by atoms with Gasteiger partial charge in [-0.2, -0.15) is 4.98 Å². The van der Waals surface area contributed by atoms with Crippen molar-refractivity contribution in [3.63, 3.8) is 0 Å². The summed E-state index contributed by atoms with van der Waals surface area (Å²) < 4.78 is 5.79. The molecule has 1 aromatic heterocycles. The molecule has 18 heavy (non-hydrogen) atoms. The lowest BCUT2D eigenvalue weighted by Crippen LogP contribution is -1.99. The van der Waals surface area contributed by atoms with Gasteiger partial charge in [-0.15, -0.1) is 0 Å². The molecule has 0 amide bonds. The zero-order valence-electron chi connectivity index (χ0n) is 10.4. The highest BCUT2D eigenvalue weighted by molar-refractivity contribution is 5.57. The van der Waals surface area contributed by atoms with Gasteiger partial charge in [0.2, 0.25) is 11.8 Å². The van der Waals surface area contributed by atoms with Gasteiger partial charge in [-0.25, -0.2) is 4.98 Å². The third-order valence-corrected chi connectivity index (χ3v) is 2.42. The smallest absolute Gasteiger partial charge is 0.226 e. The Balaban J connectivity index is 2.36. The van der Waals surface area contributed by atoms with Crippen molar-refractivity contribution >= 4 is 12.0 Å². The highest BCUT2D eigenvalue weighted by atomic mass is 16.5. The van der Waals surface area contributed by atoms with Crippen molar-refractivity contribution < 1.29 is 4.74 Å². The maximum atomic E-state index is 5.79. The van der Waals surface area contributed by atoms with Gasteiger partial charge in [0.15, 0.2) is 0 Å². The average molecular weight is 241 g/mol. The summed E-state index contributed by atoms with van der Waals surface area (Å²) >= 11 is 0. The van der Waals surface area contributed by atoms with Crippen LogP contribution in [0.25, 0.3) is 6.08 Å². The van der Waals surface area contributed by atoms with Gasteiger partial charge >= 0.3 is 0 Å². The molecule has 92 valence electrons. The molecule has 0 aliphatic heterocycles. The molecule has 4 nitrogen and oxygen atoms in total. The molecular weight excluding hydrogens is 226 g/mol. The summed E-state index contributed by atoms with van der Waals surface area (Å²) in [5.74, 6) is 1.44. The molecule has 0 unspecified atom stereocenters. The number of anilines is 1. The summed E-state index contributed by atoms with van der Waals surface area (Å²) in [6.07, 6.45) is 5.59. The van der Waals surface area contributed by atoms with Crippen molar-refractivity contribution in [2.75, 3.05) is 5.73 Å². The first-order valence-electron chi connectivity index (χ1n) is 5.69. The van der Waals surface area contributed by atoms with Gasteiger partial charge in [0.1, 0.15) is 5.75 Å². The Hall–Kier alpha value is -2.36. The lowest BCUT2D eigenvalue weighted by molar-refractivity contribution is 0.457. The third kappa shape index (κ3) is 2.66. The molecule has 0 bridgehead atoms. The number of aromatic nitrogens is 2. The summed E-state index contributed by atoms with van der Waals surface area (Å²) in [6, 6.07) is 7.76. The molecular formula is C14H15N3O. The van der Waals surface area contributed by atoms with Crippen LogP contribution in [0, 0.1) is 6.92 Å². The summed E-state index contributed by atoms with van der Waals surface area (Å²) in [4.78, 5) is 8.00. The second-order valence-corrected chi connectivity index (χ2v) is 3.86. The van der Waals surface area contributed by atoms with E-state index in [1.165, 1.54) is 0 Å². The molecule has 0 atom stereocenters. The number of hydrogen-bond donors (Lipinski definition) is 1. The van der Waals surface area contributed by atoms with Crippen LogP contribution < -0.4 is 10.5 Å². The SMILES string of the molecule is C/C=C/c1ccccc1Oc1nc(N)ncc1C. The van der Waals surface area contributed by atoms with Crippen LogP contribution in [0.1, 0.15) is 18.1 Å². The van der Waals surface area contributed by atoms with Crippen LogP contribution in [-0.4, -0.2) is 9.97 Å². The monoisotopic (exact) mass is 241 g/mol. The van der Waals surface area contributed by atoms with Crippen molar-refractivity contribution in [2.45, 2.75) is 13.8 Å². The fourth-order valence-electron chi connectivity index (χ4n) is 1.54. The van der Waals surface area contributed by atoms with Crippen molar-refractivity contribution in [3.05, 3.63) is 47.7 Å². The molecule has 0 aliphatic carbocycles. The molecule has 2 N–H and O–H groups in total. The lowest BCUT2D eigenvalue weighted by atomic mass is 10.2.